The minimum absolute atomic E-state index is 0.785. The van der Waals surface area contributed by atoms with E-state index in [0.29, 0.717) is 0 Å². The SMILES string of the molecule is CCn1nccc1CNc1ccc2nc(SC)sc2c1. The van der Waals surface area contributed by atoms with Crippen molar-refractivity contribution in [3.63, 3.8) is 0 Å². The first kappa shape index (κ1) is 13.5. The van der Waals surface area contributed by atoms with Gasteiger partial charge in [0.15, 0.2) is 4.34 Å². The van der Waals surface area contributed by atoms with Crippen molar-refractivity contribution >= 4 is 39.0 Å². The quantitative estimate of drug-likeness (QED) is 0.727. The largest absolute Gasteiger partial charge is 0.379 e. The Labute approximate surface area is 126 Å². The van der Waals surface area contributed by atoms with Crippen molar-refractivity contribution in [2.75, 3.05) is 11.6 Å². The predicted octanol–water partition coefficient (Wildman–Crippen LogP) is 3.85. The first-order valence-corrected chi connectivity index (χ1v) is 8.53. The molecule has 4 nitrogen and oxygen atoms in total. The van der Waals surface area contributed by atoms with Crippen molar-refractivity contribution in [1.82, 2.24) is 14.8 Å². The molecule has 0 aliphatic rings. The fourth-order valence-corrected chi connectivity index (χ4v) is 3.62. The van der Waals surface area contributed by atoms with Gasteiger partial charge in [-0.2, -0.15) is 5.10 Å². The minimum atomic E-state index is 0.785. The molecule has 3 rings (SSSR count). The Bertz CT molecular complexity index is 717. The Morgan fingerprint density at radius 3 is 3.05 bits per heavy atom. The van der Waals surface area contributed by atoms with Crippen LogP contribution in [-0.2, 0) is 13.1 Å². The summed E-state index contributed by atoms with van der Waals surface area (Å²) in [7, 11) is 0. The monoisotopic (exact) mass is 304 g/mol. The summed E-state index contributed by atoms with van der Waals surface area (Å²) < 4.78 is 4.34. The maximum Gasteiger partial charge on any atom is 0.150 e. The van der Waals surface area contributed by atoms with Gasteiger partial charge in [0, 0.05) is 18.4 Å². The molecule has 6 heteroatoms. The Morgan fingerprint density at radius 1 is 1.35 bits per heavy atom. The van der Waals surface area contributed by atoms with Gasteiger partial charge < -0.3 is 5.32 Å². The van der Waals surface area contributed by atoms with Crippen LogP contribution in [0.25, 0.3) is 10.2 Å². The molecule has 1 aromatic carbocycles. The molecule has 0 saturated heterocycles. The Morgan fingerprint density at radius 2 is 2.25 bits per heavy atom. The number of hydrogen-bond acceptors (Lipinski definition) is 5. The molecule has 104 valence electrons. The van der Waals surface area contributed by atoms with Gasteiger partial charge in [-0.25, -0.2) is 4.98 Å². The highest BCUT2D eigenvalue weighted by Crippen LogP contribution is 2.30. The van der Waals surface area contributed by atoms with Crippen molar-refractivity contribution < 1.29 is 0 Å². The van der Waals surface area contributed by atoms with Crippen LogP contribution in [0.3, 0.4) is 0 Å². The van der Waals surface area contributed by atoms with Crippen molar-refractivity contribution in [3.05, 3.63) is 36.2 Å². The molecule has 0 bridgehead atoms. The summed E-state index contributed by atoms with van der Waals surface area (Å²) >= 11 is 3.43. The zero-order valence-electron chi connectivity index (χ0n) is 11.5. The lowest BCUT2D eigenvalue weighted by Crippen LogP contribution is -2.07. The van der Waals surface area contributed by atoms with Gasteiger partial charge >= 0.3 is 0 Å². The maximum absolute atomic E-state index is 4.55. The third-order valence-corrected chi connectivity index (χ3v) is 5.12. The standard InChI is InChI=1S/C14H16N4S2/c1-3-18-11(6-7-16-18)9-15-10-4-5-12-13(8-10)20-14(17-12)19-2/h4-8,15H,3,9H2,1-2H3. The summed E-state index contributed by atoms with van der Waals surface area (Å²) in [6.45, 7) is 3.78. The van der Waals surface area contributed by atoms with Crippen LogP contribution in [-0.4, -0.2) is 21.0 Å². The van der Waals surface area contributed by atoms with Crippen LogP contribution in [0.15, 0.2) is 34.8 Å². The molecule has 1 N–H and O–H groups in total. The summed E-state index contributed by atoms with van der Waals surface area (Å²) in [4.78, 5) is 4.55. The molecule has 0 saturated carbocycles. The fourth-order valence-electron chi connectivity index (χ4n) is 2.09. The number of thiazole rings is 1. The molecule has 20 heavy (non-hydrogen) atoms. The van der Waals surface area contributed by atoms with Gasteiger partial charge in [-0.3, -0.25) is 4.68 Å². The van der Waals surface area contributed by atoms with E-state index in [9.17, 15) is 0 Å². The second-order valence-corrected chi connectivity index (χ2v) is 6.44. The third kappa shape index (κ3) is 2.66. The second-order valence-electron chi connectivity index (χ2n) is 4.36. The summed E-state index contributed by atoms with van der Waals surface area (Å²) in [6, 6.07) is 8.37. The number of aryl methyl sites for hydroxylation is 1. The van der Waals surface area contributed by atoms with Crippen molar-refractivity contribution in [2.45, 2.75) is 24.4 Å². The van der Waals surface area contributed by atoms with Crippen molar-refractivity contribution in [2.24, 2.45) is 0 Å². The van der Waals surface area contributed by atoms with Gasteiger partial charge in [0.25, 0.3) is 0 Å². The van der Waals surface area contributed by atoms with Crippen LogP contribution in [0, 0.1) is 0 Å². The van der Waals surface area contributed by atoms with E-state index < -0.39 is 0 Å². The summed E-state index contributed by atoms with van der Waals surface area (Å²) in [5.41, 5.74) is 3.39. The number of anilines is 1. The molecule has 0 aliphatic heterocycles. The van der Waals surface area contributed by atoms with E-state index in [1.165, 1.54) is 10.4 Å². The number of aromatic nitrogens is 3. The summed E-state index contributed by atoms with van der Waals surface area (Å²) in [5.74, 6) is 0. The van der Waals surface area contributed by atoms with Crippen LogP contribution in [0.2, 0.25) is 0 Å². The van der Waals surface area contributed by atoms with E-state index in [4.69, 9.17) is 0 Å². The lowest BCUT2D eigenvalue weighted by Gasteiger charge is -2.08. The average molecular weight is 304 g/mol. The minimum Gasteiger partial charge on any atom is -0.379 e. The number of benzene rings is 1. The highest BCUT2D eigenvalue weighted by molar-refractivity contribution is 8.00. The van der Waals surface area contributed by atoms with Gasteiger partial charge in [-0.1, -0.05) is 11.8 Å². The molecule has 0 amide bonds. The molecule has 0 unspecified atom stereocenters. The van der Waals surface area contributed by atoms with Crippen LogP contribution in [0.4, 0.5) is 5.69 Å². The highest BCUT2D eigenvalue weighted by Gasteiger charge is 2.05. The molecule has 0 spiro atoms. The first-order valence-electron chi connectivity index (χ1n) is 6.49. The molecule has 0 radical (unpaired) electrons. The third-order valence-electron chi connectivity index (χ3n) is 3.12. The first-order chi connectivity index (χ1) is 9.80. The highest BCUT2D eigenvalue weighted by atomic mass is 32.2. The summed E-state index contributed by atoms with van der Waals surface area (Å²) in [5, 5.41) is 7.73. The van der Waals surface area contributed by atoms with Crippen LogP contribution >= 0.6 is 23.1 Å². The number of rotatable bonds is 5. The molecular formula is C14H16N4S2. The normalized spacial score (nSPS) is 11.1. The number of nitrogens with zero attached hydrogens (tertiary/aromatic N) is 3. The molecule has 0 atom stereocenters. The van der Waals surface area contributed by atoms with Gasteiger partial charge in [0.1, 0.15) is 0 Å². The predicted molar refractivity (Wildman–Crippen MR) is 86.6 cm³/mol. The smallest absolute Gasteiger partial charge is 0.150 e. The molecule has 0 fully saturated rings. The molecule has 0 aliphatic carbocycles. The lowest BCUT2D eigenvalue weighted by molar-refractivity contribution is 0.627. The molecule has 2 aromatic heterocycles. The van der Waals surface area contributed by atoms with Crippen LogP contribution in [0.5, 0.6) is 0 Å². The Hall–Kier alpha value is -1.53. The van der Waals surface area contributed by atoms with E-state index in [2.05, 4.69) is 46.8 Å². The van der Waals surface area contributed by atoms with Gasteiger partial charge in [0.05, 0.1) is 22.5 Å². The van der Waals surface area contributed by atoms with E-state index in [0.717, 1.165) is 28.6 Å². The van der Waals surface area contributed by atoms with E-state index >= 15 is 0 Å². The molecule has 2 heterocycles. The van der Waals surface area contributed by atoms with Crippen molar-refractivity contribution in [3.8, 4) is 0 Å². The Balaban J connectivity index is 1.77. The Kier molecular flexibility index (Phi) is 3.93. The topological polar surface area (TPSA) is 42.7 Å². The van der Waals surface area contributed by atoms with Crippen LogP contribution < -0.4 is 5.32 Å². The number of thioether (sulfide) groups is 1. The van der Waals surface area contributed by atoms with Gasteiger partial charge in [-0.15, -0.1) is 11.3 Å². The second kappa shape index (κ2) is 5.85. The van der Waals surface area contributed by atoms with E-state index in [1.807, 2.05) is 16.9 Å². The maximum atomic E-state index is 4.55. The number of hydrogen-bond donors (Lipinski definition) is 1. The zero-order chi connectivity index (χ0) is 13.9. The van der Waals surface area contributed by atoms with Crippen molar-refractivity contribution in [1.29, 1.82) is 0 Å². The fraction of sp³-hybridized carbons (Fsp3) is 0.286. The van der Waals surface area contributed by atoms with Crippen LogP contribution in [0.1, 0.15) is 12.6 Å². The zero-order valence-corrected chi connectivity index (χ0v) is 13.1. The summed E-state index contributed by atoms with van der Waals surface area (Å²) in [6.07, 6.45) is 3.90. The van der Waals surface area contributed by atoms with E-state index in [-0.39, 0.29) is 0 Å². The van der Waals surface area contributed by atoms with Gasteiger partial charge in [-0.05, 0) is 37.4 Å². The number of nitrogens with one attached hydrogen (secondary N) is 1. The van der Waals surface area contributed by atoms with Gasteiger partial charge in [0.2, 0.25) is 0 Å². The molecular weight excluding hydrogens is 288 g/mol. The lowest BCUT2D eigenvalue weighted by atomic mass is 10.3. The van der Waals surface area contributed by atoms with E-state index in [1.54, 1.807) is 23.1 Å². The number of fused-ring (bicyclic) bond motifs is 1. The molecule has 3 aromatic rings. The average Bonchev–Trinajstić information content (AvgIpc) is 3.10.